The summed E-state index contributed by atoms with van der Waals surface area (Å²) in [5, 5.41) is 2.65. The van der Waals surface area contributed by atoms with Gasteiger partial charge in [0, 0.05) is 20.0 Å². The third kappa shape index (κ3) is 7.22. The Bertz CT molecular complexity index is 1630. The van der Waals surface area contributed by atoms with Crippen LogP contribution in [0.15, 0.2) is 108 Å². The Hall–Kier alpha value is -4.50. The molecule has 0 saturated heterocycles. The average molecular weight is 588 g/mol. The molecule has 0 aliphatic rings. The monoisotopic (exact) mass is 587 g/mol. The van der Waals surface area contributed by atoms with E-state index < -0.39 is 40.2 Å². The molecule has 0 aliphatic carbocycles. The first-order valence-corrected chi connectivity index (χ1v) is 15.0. The predicted molar refractivity (Wildman–Crippen MR) is 162 cm³/mol. The van der Waals surface area contributed by atoms with Gasteiger partial charge in [0.05, 0.1) is 10.6 Å². The summed E-state index contributed by atoms with van der Waals surface area (Å²) in [6.45, 7) is 3.21. The molecular formula is C33H34FN3O4S. The number of likely N-dealkylation sites (N-methyl/N-ethyl adjacent to an activating group) is 1. The molecule has 9 heteroatoms. The molecule has 42 heavy (non-hydrogen) atoms. The minimum atomic E-state index is -4.17. The highest BCUT2D eigenvalue weighted by molar-refractivity contribution is 7.92. The van der Waals surface area contributed by atoms with Crippen molar-refractivity contribution in [2.75, 3.05) is 17.9 Å². The molecule has 2 amide bonds. The van der Waals surface area contributed by atoms with Gasteiger partial charge in [-0.15, -0.1) is 0 Å². The maximum Gasteiger partial charge on any atom is 0.264 e. The van der Waals surface area contributed by atoms with Crippen molar-refractivity contribution in [3.8, 4) is 0 Å². The summed E-state index contributed by atoms with van der Waals surface area (Å²) < 4.78 is 42.7. The quantitative estimate of drug-likeness (QED) is 0.267. The zero-order chi connectivity index (χ0) is 30.3. The van der Waals surface area contributed by atoms with Gasteiger partial charge in [-0.2, -0.15) is 0 Å². The van der Waals surface area contributed by atoms with Crippen LogP contribution in [-0.2, 0) is 32.6 Å². The van der Waals surface area contributed by atoms with Gasteiger partial charge >= 0.3 is 0 Å². The number of carbonyl (C=O) groups is 2. The number of hydrogen-bond donors (Lipinski definition) is 1. The second-order valence-electron chi connectivity index (χ2n) is 10.1. The van der Waals surface area contributed by atoms with Crippen molar-refractivity contribution in [3.05, 3.63) is 131 Å². The first kappa shape index (κ1) is 30.5. The lowest BCUT2D eigenvalue weighted by Crippen LogP contribution is -2.53. The molecule has 4 aromatic carbocycles. The Morgan fingerprint density at radius 3 is 2.02 bits per heavy atom. The summed E-state index contributed by atoms with van der Waals surface area (Å²) in [7, 11) is -2.68. The number of benzene rings is 4. The maximum atomic E-state index is 14.2. The van der Waals surface area contributed by atoms with Gasteiger partial charge in [-0.25, -0.2) is 12.8 Å². The molecule has 0 saturated carbocycles. The molecule has 0 bridgehead atoms. The summed E-state index contributed by atoms with van der Waals surface area (Å²) in [6.07, 6.45) is 0.197. The highest BCUT2D eigenvalue weighted by Crippen LogP contribution is 2.27. The summed E-state index contributed by atoms with van der Waals surface area (Å²) in [4.78, 5) is 28.9. The van der Waals surface area contributed by atoms with Gasteiger partial charge in [-0.3, -0.25) is 13.9 Å². The van der Waals surface area contributed by atoms with E-state index in [2.05, 4.69) is 5.32 Å². The van der Waals surface area contributed by atoms with E-state index in [0.717, 1.165) is 21.0 Å². The van der Waals surface area contributed by atoms with E-state index in [4.69, 9.17) is 0 Å². The molecule has 0 spiro atoms. The lowest BCUT2D eigenvalue weighted by atomic mass is 10.0. The number of nitrogens with one attached hydrogen (secondary N) is 1. The molecule has 7 nitrogen and oxygen atoms in total. The molecule has 0 aromatic heterocycles. The Morgan fingerprint density at radius 2 is 1.43 bits per heavy atom. The standard InChI is InChI=1S/C33H34FN3O4S/c1-24-14-19-29(20-25(24)2)37(42(40,41)30-12-8-5-9-13-30)23-32(38)36(22-27-15-17-28(34)18-16-27)31(33(39)35-3)21-26-10-6-4-7-11-26/h4-20,31H,21-23H2,1-3H3,(H,35,39)/t31-/m0/s1. The fraction of sp³-hybridized carbons (Fsp3) is 0.212. The Balaban J connectivity index is 1.79. The number of hydrogen-bond acceptors (Lipinski definition) is 4. The van der Waals surface area contributed by atoms with Gasteiger partial charge in [0.25, 0.3) is 10.0 Å². The van der Waals surface area contributed by atoms with Crippen LogP contribution in [0.25, 0.3) is 0 Å². The van der Waals surface area contributed by atoms with Crippen LogP contribution in [0, 0.1) is 19.7 Å². The highest BCUT2D eigenvalue weighted by atomic mass is 32.2. The normalized spacial score (nSPS) is 11.9. The summed E-state index contributed by atoms with van der Waals surface area (Å²) in [5.74, 6) is -1.42. The van der Waals surface area contributed by atoms with Crippen LogP contribution in [0.2, 0.25) is 0 Å². The maximum absolute atomic E-state index is 14.2. The van der Waals surface area contributed by atoms with Crippen LogP contribution in [0.4, 0.5) is 10.1 Å². The minimum Gasteiger partial charge on any atom is -0.357 e. The zero-order valence-electron chi connectivity index (χ0n) is 23.8. The van der Waals surface area contributed by atoms with Crippen LogP contribution in [-0.4, -0.2) is 44.8 Å². The number of aryl methyl sites for hydroxylation is 2. The van der Waals surface area contributed by atoms with E-state index in [1.807, 2.05) is 50.2 Å². The third-order valence-corrected chi connectivity index (χ3v) is 8.96. The minimum absolute atomic E-state index is 0.0316. The van der Waals surface area contributed by atoms with Gasteiger partial charge in [-0.05, 0) is 72.5 Å². The summed E-state index contributed by atoms with van der Waals surface area (Å²) in [6, 6.07) is 27.1. The Kier molecular flexibility index (Phi) is 9.75. The highest BCUT2D eigenvalue weighted by Gasteiger charge is 2.34. The van der Waals surface area contributed by atoms with E-state index >= 15 is 0 Å². The second-order valence-corrected chi connectivity index (χ2v) is 11.9. The van der Waals surface area contributed by atoms with E-state index in [9.17, 15) is 22.4 Å². The van der Waals surface area contributed by atoms with E-state index in [1.54, 1.807) is 42.5 Å². The van der Waals surface area contributed by atoms with Crippen LogP contribution in [0.5, 0.6) is 0 Å². The molecule has 0 radical (unpaired) electrons. The summed E-state index contributed by atoms with van der Waals surface area (Å²) in [5.41, 5.74) is 3.59. The number of carbonyl (C=O) groups excluding carboxylic acids is 2. The topological polar surface area (TPSA) is 86.8 Å². The molecular weight excluding hydrogens is 553 g/mol. The number of rotatable bonds is 11. The van der Waals surface area contributed by atoms with Crippen LogP contribution < -0.4 is 9.62 Å². The predicted octanol–water partition coefficient (Wildman–Crippen LogP) is 5.02. The van der Waals surface area contributed by atoms with Crippen molar-refractivity contribution in [3.63, 3.8) is 0 Å². The van der Waals surface area contributed by atoms with Gasteiger partial charge in [-0.1, -0.05) is 66.7 Å². The lowest BCUT2D eigenvalue weighted by Gasteiger charge is -2.33. The van der Waals surface area contributed by atoms with Gasteiger partial charge in [0.15, 0.2) is 0 Å². The molecule has 218 valence electrons. The van der Waals surface area contributed by atoms with Crippen molar-refractivity contribution in [2.45, 2.75) is 37.8 Å². The molecule has 1 atom stereocenters. The largest absolute Gasteiger partial charge is 0.357 e. The van der Waals surface area contributed by atoms with Crippen LogP contribution in [0.3, 0.4) is 0 Å². The molecule has 0 heterocycles. The average Bonchev–Trinajstić information content (AvgIpc) is 3.00. The number of halogens is 1. The Morgan fingerprint density at radius 1 is 0.810 bits per heavy atom. The molecule has 0 fully saturated rings. The number of nitrogens with zero attached hydrogens (tertiary/aromatic N) is 2. The lowest BCUT2D eigenvalue weighted by molar-refractivity contribution is -0.139. The molecule has 0 unspecified atom stereocenters. The van der Waals surface area contributed by atoms with Crippen LogP contribution in [0.1, 0.15) is 22.3 Å². The molecule has 4 rings (SSSR count). The zero-order valence-corrected chi connectivity index (χ0v) is 24.6. The second kappa shape index (κ2) is 13.4. The van der Waals surface area contributed by atoms with Crippen molar-refractivity contribution >= 4 is 27.5 Å². The molecule has 1 N–H and O–H groups in total. The first-order valence-electron chi connectivity index (χ1n) is 13.5. The fourth-order valence-electron chi connectivity index (χ4n) is 4.64. The van der Waals surface area contributed by atoms with Crippen molar-refractivity contribution in [1.29, 1.82) is 0 Å². The number of amides is 2. The fourth-order valence-corrected chi connectivity index (χ4v) is 6.06. The van der Waals surface area contributed by atoms with Gasteiger partial charge in [0.1, 0.15) is 18.4 Å². The van der Waals surface area contributed by atoms with Crippen LogP contribution >= 0.6 is 0 Å². The Labute approximate surface area is 246 Å². The van der Waals surface area contributed by atoms with Crippen molar-refractivity contribution < 1.29 is 22.4 Å². The van der Waals surface area contributed by atoms with Gasteiger partial charge < -0.3 is 10.2 Å². The number of sulfonamides is 1. The van der Waals surface area contributed by atoms with E-state index in [-0.39, 0.29) is 17.9 Å². The first-order chi connectivity index (χ1) is 20.1. The van der Waals surface area contributed by atoms with E-state index in [0.29, 0.717) is 11.3 Å². The smallest absolute Gasteiger partial charge is 0.264 e. The van der Waals surface area contributed by atoms with Crippen molar-refractivity contribution in [2.24, 2.45) is 0 Å². The molecule has 4 aromatic rings. The van der Waals surface area contributed by atoms with Gasteiger partial charge in [0.2, 0.25) is 11.8 Å². The SMILES string of the molecule is CNC(=O)[C@H](Cc1ccccc1)N(Cc1ccc(F)cc1)C(=O)CN(c1ccc(C)c(C)c1)S(=O)(=O)c1ccccc1. The summed E-state index contributed by atoms with van der Waals surface area (Å²) >= 11 is 0. The molecule has 0 aliphatic heterocycles. The number of anilines is 1. The van der Waals surface area contributed by atoms with Crippen molar-refractivity contribution in [1.82, 2.24) is 10.2 Å². The van der Waals surface area contributed by atoms with E-state index in [1.165, 1.54) is 36.2 Å². The third-order valence-electron chi connectivity index (χ3n) is 7.17.